The lowest BCUT2D eigenvalue weighted by molar-refractivity contribution is -0.385. The molecule has 0 radical (unpaired) electrons. The van der Waals surface area contributed by atoms with Crippen molar-refractivity contribution in [1.29, 1.82) is 0 Å². The molecule has 0 aromatic heterocycles. The molecule has 0 aliphatic heterocycles. The molecule has 1 aromatic carbocycles. The molecular weight excluding hydrogens is 253 g/mol. The second kappa shape index (κ2) is 5.31. The summed E-state index contributed by atoms with van der Waals surface area (Å²) in [6.07, 6.45) is 0. The van der Waals surface area contributed by atoms with Gasteiger partial charge in [0.1, 0.15) is 11.4 Å². The summed E-state index contributed by atoms with van der Waals surface area (Å²) in [7, 11) is 0. The zero-order chi connectivity index (χ0) is 14.8. The Bertz CT molecular complexity index is 524. The summed E-state index contributed by atoms with van der Waals surface area (Å²) in [6.45, 7) is 4.89. The van der Waals surface area contributed by atoms with E-state index in [4.69, 9.17) is 5.73 Å². The van der Waals surface area contributed by atoms with Crippen molar-refractivity contribution >= 4 is 11.6 Å². The molecule has 0 aliphatic rings. The van der Waals surface area contributed by atoms with Crippen LogP contribution in [0.3, 0.4) is 0 Å². The Morgan fingerprint density at radius 2 is 2.11 bits per heavy atom. The first kappa shape index (κ1) is 15.0. The molecule has 0 bridgehead atoms. The van der Waals surface area contributed by atoms with E-state index in [1.807, 2.05) is 0 Å². The largest absolute Gasteiger partial charge is 0.350 e. The summed E-state index contributed by atoms with van der Waals surface area (Å²) in [5.74, 6) is -1.41. The molecule has 0 heterocycles. The van der Waals surface area contributed by atoms with E-state index in [-0.39, 0.29) is 17.7 Å². The number of hydrogen-bond acceptors (Lipinski definition) is 4. The van der Waals surface area contributed by atoms with Crippen LogP contribution in [0.15, 0.2) is 12.1 Å². The van der Waals surface area contributed by atoms with Crippen LogP contribution in [0.4, 0.5) is 10.1 Å². The fraction of sp³-hybridized carbons (Fsp3) is 0.417. The van der Waals surface area contributed by atoms with Gasteiger partial charge in [-0.05, 0) is 32.9 Å². The number of nitro groups is 1. The second-order valence-corrected chi connectivity index (χ2v) is 5.05. The molecule has 0 fully saturated rings. The van der Waals surface area contributed by atoms with E-state index >= 15 is 0 Å². The predicted molar refractivity (Wildman–Crippen MR) is 68.4 cm³/mol. The number of benzene rings is 1. The van der Waals surface area contributed by atoms with Gasteiger partial charge >= 0.3 is 0 Å². The van der Waals surface area contributed by atoms with Crippen molar-refractivity contribution in [2.75, 3.05) is 6.54 Å². The highest BCUT2D eigenvalue weighted by Gasteiger charge is 2.25. The first-order valence-corrected chi connectivity index (χ1v) is 5.63. The van der Waals surface area contributed by atoms with E-state index in [0.717, 1.165) is 12.1 Å². The highest BCUT2D eigenvalue weighted by atomic mass is 19.1. The number of rotatable bonds is 4. The maximum Gasteiger partial charge on any atom is 0.285 e. The third-order valence-electron chi connectivity index (χ3n) is 2.40. The van der Waals surface area contributed by atoms with Crippen LogP contribution >= 0.6 is 0 Å². The quantitative estimate of drug-likeness (QED) is 0.639. The first-order chi connectivity index (χ1) is 8.61. The van der Waals surface area contributed by atoms with E-state index in [9.17, 15) is 19.3 Å². The summed E-state index contributed by atoms with van der Waals surface area (Å²) in [4.78, 5) is 22.1. The molecule has 6 nitrogen and oxygen atoms in total. The number of nitro benzene ring substituents is 1. The summed E-state index contributed by atoms with van der Waals surface area (Å²) in [6, 6.07) is 1.87. The fourth-order valence-electron chi connectivity index (χ4n) is 1.55. The predicted octanol–water partition coefficient (Wildman–Crippen LogP) is 1.51. The van der Waals surface area contributed by atoms with Crippen molar-refractivity contribution in [3.8, 4) is 0 Å². The van der Waals surface area contributed by atoms with Crippen LogP contribution in [0.1, 0.15) is 29.8 Å². The molecular formula is C12H16FN3O3. The third-order valence-corrected chi connectivity index (χ3v) is 2.40. The molecule has 0 atom stereocenters. The summed E-state index contributed by atoms with van der Waals surface area (Å²) < 4.78 is 13.3. The van der Waals surface area contributed by atoms with Crippen LogP contribution in [-0.4, -0.2) is 22.9 Å². The number of nitrogens with zero attached hydrogens (tertiary/aromatic N) is 1. The highest BCUT2D eigenvalue weighted by Crippen LogP contribution is 2.24. The maximum absolute atomic E-state index is 13.3. The number of amides is 1. The van der Waals surface area contributed by atoms with E-state index in [0.29, 0.717) is 0 Å². The SMILES string of the molecule is Cc1cc(F)cc(C(=O)NCC(C)(C)N)c1[N+](=O)[O-]. The fourth-order valence-corrected chi connectivity index (χ4v) is 1.55. The number of nitrogens with two attached hydrogens (primary N) is 1. The minimum absolute atomic E-state index is 0.0992. The number of halogens is 1. The van der Waals surface area contributed by atoms with Gasteiger partial charge in [0.2, 0.25) is 0 Å². The van der Waals surface area contributed by atoms with Gasteiger partial charge in [0.15, 0.2) is 0 Å². The second-order valence-electron chi connectivity index (χ2n) is 5.05. The van der Waals surface area contributed by atoms with Gasteiger partial charge in [0, 0.05) is 17.6 Å². The van der Waals surface area contributed by atoms with E-state index in [1.54, 1.807) is 13.8 Å². The van der Waals surface area contributed by atoms with Crippen LogP contribution in [0.25, 0.3) is 0 Å². The Morgan fingerprint density at radius 3 is 2.58 bits per heavy atom. The van der Waals surface area contributed by atoms with Crippen molar-refractivity contribution < 1.29 is 14.1 Å². The molecule has 3 N–H and O–H groups in total. The van der Waals surface area contributed by atoms with Gasteiger partial charge in [-0.2, -0.15) is 0 Å². The Labute approximate surface area is 109 Å². The third kappa shape index (κ3) is 3.99. The molecule has 1 aromatic rings. The minimum atomic E-state index is -0.715. The van der Waals surface area contributed by atoms with E-state index in [1.165, 1.54) is 6.92 Å². The molecule has 0 aliphatic carbocycles. The molecule has 0 saturated heterocycles. The zero-order valence-corrected chi connectivity index (χ0v) is 11.0. The van der Waals surface area contributed by atoms with Crippen molar-refractivity contribution in [1.82, 2.24) is 5.32 Å². The topological polar surface area (TPSA) is 98.3 Å². The van der Waals surface area contributed by atoms with Gasteiger partial charge in [0.25, 0.3) is 11.6 Å². The van der Waals surface area contributed by atoms with Crippen molar-refractivity contribution in [3.05, 3.63) is 39.2 Å². The molecule has 1 amide bonds. The van der Waals surface area contributed by atoms with Crippen molar-refractivity contribution in [2.45, 2.75) is 26.3 Å². The Hall–Kier alpha value is -2.02. The average Bonchev–Trinajstić information content (AvgIpc) is 2.22. The molecule has 0 unspecified atom stereocenters. The van der Waals surface area contributed by atoms with Crippen LogP contribution in [0, 0.1) is 22.9 Å². The molecule has 0 saturated carbocycles. The zero-order valence-electron chi connectivity index (χ0n) is 11.0. The van der Waals surface area contributed by atoms with Gasteiger partial charge in [-0.1, -0.05) is 0 Å². The standard InChI is InChI=1S/C12H16FN3O3/c1-7-4-8(13)5-9(10(7)16(18)19)11(17)15-6-12(2,3)14/h4-5H,6,14H2,1-3H3,(H,15,17). The summed E-state index contributed by atoms with van der Waals surface area (Å²) in [5, 5.41) is 13.4. The van der Waals surface area contributed by atoms with Crippen molar-refractivity contribution in [2.24, 2.45) is 5.73 Å². The average molecular weight is 269 g/mol. The monoisotopic (exact) mass is 269 g/mol. The smallest absolute Gasteiger partial charge is 0.285 e. The number of nitrogens with one attached hydrogen (secondary N) is 1. The van der Waals surface area contributed by atoms with E-state index < -0.39 is 27.9 Å². The van der Waals surface area contributed by atoms with Crippen LogP contribution in [0.2, 0.25) is 0 Å². The van der Waals surface area contributed by atoms with Crippen LogP contribution in [-0.2, 0) is 0 Å². The normalized spacial score (nSPS) is 11.2. The molecule has 7 heteroatoms. The first-order valence-electron chi connectivity index (χ1n) is 5.63. The van der Waals surface area contributed by atoms with Crippen LogP contribution < -0.4 is 11.1 Å². The lowest BCUT2D eigenvalue weighted by atomic mass is 10.1. The summed E-state index contributed by atoms with van der Waals surface area (Å²) in [5.41, 5.74) is 4.44. The lowest BCUT2D eigenvalue weighted by Crippen LogP contribution is -2.45. The van der Waals surface area contributed by atoms with Crippen molar-refractivity contribution in [3.63, 3.8) is 0 Å². The maximum atomic E-state index is 13.3. The highest BCUT2D eigenvalue weighted by molar-refractivity contribution is 5.98. The van der Waals surface area contributed by atoms with Gasteiger partial charge in [0.05, 0.1) is 4.92 Å². The molecule has 1 rings (SSSR count). The summed E-state index contributed by atoms with van der Waals surface area (Å²) >= 11 is 0. The molecule has 19 heavy (non-hydrogen) atoms. The minimum Gasteiger partial charge on any atom is -0.350 e. The number of carbonyl (C=O) groups excluding carboxylic acids is 1. The Balaban J connectivity index is 3.12. The number of aryl methyl sites for hydroxylation is 1. The van der Waals surface area contributed by atoms with Gasteiger partial charge in [-0.25, -0.2) is 4.39 Å². The molecule has 0 spiro atoms. The number of carbonyl (C=O) groups is 1. The van der Waals surface area contributed by atoms with Gasteiger partial charge in [-0.15, -0.1) is 0 Å². The van der Waals surface area contributed by atoms with Gasteiger partial charge in [-0.3, -0.25) is 14.9 Å². The Kier molecular flexibility index (Phi) is 4.21. The van der Waals surface area contributed by atoms with Gasteiger partial charge < -0.3 is 11.1 Å². The molecule has 104 valence electrons. The number of hydrogen-bond donors (Lipinski definition) is 2. The Morgan fingerprint density at radius 1 is 1.53 bits per heavy atom. The lowest BCUT2D eigenvalue weighted by Gasteiger charge is -2.19. The van der Waals surface area contributed by atoms with Crippen LogP contribution in [0.5, 0.6) is 0 Å². The van der Waals surface area contributed by atoms with E-state index in [2.05, 4.69) is 5.32 Å².